The third kappa shape index (κ3) is 14.5. The number of fused-ring (bicyclic) bond motifs is 3. The lowest BCUT2D eigenvalue weighted by molar-refractivity contribution is -0.138. The second-order valence-corrected chi connectivity index (χ2v) is 26.1. The smallest absolute Gasteiger partial charge is 0.339 e. The molecule has 0 saturated heterocycles. The molecule has 4 aromatic carbocycles. The maximum absolute atomic E-state index is 14.5. The number of aromatic nitrogens is 5. The summed E-state index contributed by atoms with van der Waals surface area (Å²) in [5, 5.41) is 8.12. The zero-order valence-electron chi connectivity index (χ0n) is 54.7. The molecule has 10 amide bonds. The minimum Gasteiger partial charge on any atom is -0.339 e. The summed E-state index contributed by atoms with van der Waals surface area (Å²) in [7, 11) is 2.91. The topological polar surface area (TPSA) is 243 Å². The number of urea groups is 3. The number of carbonyl (C=O) groups excluding carboxylic acids is 7. The maximum atomic E-state index is 14.5. The van der Waals surface area contributed by atoms with Crippen molar-refractivity contribution >= 4 is 115 Å². The Balaban J connectivity index is 0.752. The summed E-state index contributed by atoms with van der Waals surface area (Å²) < 4.78 is 125. The molecule has 0 aliphatic carbocycles. The standard InChI is InChI=1S/C69H58F9N15O7S2/c1-7-46-37(3)27-36(2)28-50(46)84-64(98)92-35-56(96)90(53-22-19-49(83-60(53)92)41-13-10-16-44(31-41)69(76,77)78)26-25-87(5)61(97)57-38(4)80-63(102-57)86-66(100)93-34-55(95)89(52-21-18-48(82-59(52)93)40-12-9-15-43(30-40)68(73,74)75)24-23-45-32-79-62(101-45)85-65(99)91-33-54(94)88(6)51-20-17-47(81-58(51)91)39-11-8-14-42(29-39)67(70,71)72/h8-22,27-32H,7,23-26,33-35H2,1-6H3,(H,84,98)(H,79,85,99)(H,80,86,100). The Morgan fingerprint density at radius 1 is 0.539 bits per heavy atom. The van der Waals surface area contributed by atoms with Crippen molar-refractivity contribution in [2.24, 2.45) is 0 Å². The van der Waals surface area contributed by atoms with Gasteiger partial charge in [-0.25, -0.2) is 39.3 Å². The Kier molecular flexibility index (Phi) is 19.1. The van der Waals surface area contributed by atoms with Crippen LogP contribution in [0.5, 0.6) is 0 Å². The van der Waals surface area contributed by atoms with Crippen LogP contribution in [0.25, 0.3) is 33.8 Å². The Labute approximate surface area is 583 Å². The number of nitrogens with one attached hydrogen (secondary N) is 3. The number of benzene rings is 4. The molecule has 9 aromatic rings. The highest BCUT2D eigenvalue weighted by Crippen LogP contribution is 2.42. The van der Waals surface area contributed by atoms with Gasteiger partial charge in [0, 0.05) is 73.6 Å². The Morgan fingerprint density at radius 3 is 1.48 bits per heavy atom. The summed E-state index contributed by atoms with van der Waals surface area (Å²) in [6.07, 6.45) is -12.0. The van der Waals surface area contributed by atoms with Gasteiger partial charge in [-0.1, -0.05) is 60.7 Å². The molecule has 0 saturated carbocycles. The molecule has 102 heavy (non-hydrogen) atoms. The van der Waals surface area contributed by atoms with Crippen LogP contribution in [0.4, 0.5) is 104 Å². The summed E-state index contributed by atoms with van der Waals surface area (Å²) in [6, 6.07) is 23.1. The highest BCUT2D eigenvalue weighted by Gasteiger charge is 2.40. The first-order valence-corrected chi connectivity index (χ1v) is 32.9. The maximum Gasteiger partial charge on any atom is 0.416 e. The molecule has 0 atom stereocenters. The summed E-state index contributed by atoms with van der Waals surface area (Å²) in [5.74, 6) is -2.52. The molecule has 3 aliphatic rings. The number of hydrogen-bond donors (Lipinski definition) is 3. The number of amides is 10. The summed E-state index contributed by atoms with van der Waals surface area (Å²) in [5.41, 5.74) is 1.22. The zero-order chi connectivity index (χ0) is 73.0. The molecule has 22 nitrogen and oxygen atoms in total. The number of nitrogens with zero attached hydrogens (tertiary/aromatic N) is 12. The molecule has 12 rings (SSSR count). The first-order chi connectivity index (χ1) is 48.3. The number of rotatable bonds is 14. The number of halogens is 9. The summed E-state index contributed by atoms with van der Waals surface area (Å²) >= 11 is 1.78. The minimum atomic E-state index is -4.73. The molecule has 3 N–H and O–H groups in total. The number of carbonyl (C=O) groups is 7. The van der Waals surface area contributed by atoms with Crippen molar-refractivity contribution in [2.45, 2.75) is 59.1 Å². The third-order valence-electron chi connectivity index (χ3n) is 17.1. The number of pyridine rings is 3. The van der Waals surface area contributed by atoms with E-state index in [1.165, 1.54) is 120 Å². The van der Waals surface area contributed by atoms with E-state index in [4.69, 9.17) is 0 Å². The van der Waals surface area contributed by atoms with Crippen LogP contribution in [0.15, 0.2) is 128 Å². The molecular formula is C69H58F9N15O7S2. The zero-order valence-corrected chi connectivity index (χ0v) is 56.4. The van der Waals surface area contributed by atoms with E-state index in [-0.39, 0.29) is 115 Å². The van der Waals surface area contributed by atoms with Crippen LogP contribution in [0.3, 0.4) is 0 Å². The highest BCUT2D eigenvalue weighted by molar-refractivity contribution is 7.17. The Morgan fingerprint density at radius 2 is 0.990 bits per heavy atom. The van der Waals surface area contributed by atoms with E-state index >= 15 is 0 Å². The van der Waals surface area contributed by atoms with Gasteiger partial charge in [0.25, 0.3) is 5.91 Å². The molecule has 0 fully saturated rings. The second-order valence-electron chi connectivity index (χ2n) is 23.9. The molecule has 0 spiro atoms. The van der Waals surface area contributed by atoms with E-state index in [0.717, 1.165) is 90.5 Å². The molecule has 3 aliphatic heterocycles. The van der Waals surface area contributed by atoms with Gasteiger partial charge >= 0.3 is 36.6 Å². The number of thiazole rings is 2. The van der Waals surface area contributed by atoms with Crippen molar-refractivity contribution in [1.29, 1.82) is 0 Å². The molecule has 33 heteroatoms. The fourth-order valence-corrected chi connectivity index (χ4v) is 13.7. The third-order valence-corrected chi connectivity index (χ3v) is 19.1. The Hall–Kier alpha value is -11.4. The summed E-state index contributed by atoms with van der Waals surface area (Å²) in [4.78, 5) is 130. The van der Waals surface area contributed by atoms with Gasteiger partial charge in [0.2, 0.25) is 17.7 Å². The quantitative estimate of drug-likeness (QED) is 0.0861. The molecule has 8 heterocycles. The van der Waals surface area contributed by atoms with Crippen LogP contribution in [0.1, 0.15) is 60.5 Å². The average Bonchev–Trinajstić information content (AvgIpc) is 0.787. The van der Waals surface area contributed by atoms with Crippen molar-refractivity contribution in [1.82, 2.24) is 29.8 Å². The van der Waals surface area contributed by atoms with E-state index in [0.29, 0.717) is 17.0 Å². The van der Waals surface area contributed by atoms with E-state index in [1.807, 2.05) is 26.8 Å². The van der Waals surface area contributed by atoms with Gasteiger partial charge in [0.15, 0.2) is 27.7 Å². The first-order valence-electron chi connectivity index (χ1n) is 31.3. The van der Waals surface area contributed by atoms with E-state index in [1.54, 1.807) is 6.07 Å². The fourth-order valence-electron chi connectivity index (χ4n) is 11.9. The molecule has 526 valence electrons. The van der Waals surface area contributed by atoms with Crippen LogP contribution < -0.4 is 45.3 Å². The van der Waals surface area contributed by atoms with Crippen LogP contribution in [-0.4, -0.2) is 125 Å². The monoisotopic (exact) mass is 1440 g/mol. The van der Waals surface area contributed by atoms with Gasteiger partial charge in [0.05, 0.1) is 56.5 Å². The molecular weight excluding hydrogens is 1390 g/mol. The van der Waals surface area contributed by atoms with Crippen molar-refractivity contribution in [3.63, 3.8) is 0 Å². The lowest BCUT2D eigenvalue weighted by Gasteiger charge is -2.36. The number of likely N-dealkylation sites (N-methyl/N-ethyl adjacent to an activating group) is 2. The lowest BCUT2D eigenvalue weighted by Crippen LogP contribution is -2.51. The van der Waals surface area contributed by atoms with Crippen molar-refractivity contribution < 1.29 is 73.1 Å². The Bertz CT molecular complexity index is 4890. The van der Waals surface area contributed by atoms with Crippen LogP contribution >= 0.6 is 22.7 Å². The van der Waals surface area contributed by atoms with Crippen molar-refractivity contribution in [3.05, 3.63) is 176 Å². The van der Waals surface area contributed by atoms with E-state index in [2.05, 4.69) is 40.9 Å². The van der Waals surface area contributed by atoms with Crippen LogP contribution in [0, 0.1) is 20.8 Å². The first kappa shape index (κ1) is 70.5. The van der Waals surface area contributed by atoms with Gasteiger partial charge in [-0.15, -0.1) is 11.3 Å². The number of alkyl halides is 9. The lowest BCUT2D eigenvalue weighted by atomic mass is 10.0. The highest BCUT2D eigenvalue weighted by atomic mass is 32.1. The number of aryl methyl sites for hydroxylation is 3. The fraction of sp³-hybridized carbons (Fsp3) is 0.246. The predicted molar refractivity (Wildman–Crippen MR) is 366 cm³/mol. The second kappa shape index (κ2) is 27.6. The largest absolute Gasteiger partial charge is 0.416 e. The summed E-state index contributed by atoms with van der Waals surface area (Å²) in [6.45, 7) is 5.10. The normalized spacial score (nSPS) is 14.0. The van der Waals surface area contributed by atoms with Gasteiger partial charge < -0.3 is 24.9 Å². The molecule has 0 bridgehead atoms. The van der Waals surface area contributed by atoms with Gasteiger partial charge in [0.1, 0.15) is 24.5 Å². The van der Waals surface area contributed by atoms with Crippen LogP contribution in [-0.2, 0) is 45.8 Å². The van der Waals surface area contributed by atoms with E-state index in [9.17, 15) is 73.1 Å². The van der Waals surface area contributed by atoms with Crippen molar-refractivity contribution in [2.75, 3.05) is 98.7 Å². The van der Waals surface area contributed by atoms with Gasteiger partial charge in [-0.2, -0.15) is 39.5 Å². The SMILES string of the molecule is CCc1c(C)cc(C)cc1NC(=O)N1CC(=O)N(CCN(C)C(=O)c2sc(NC(=O)N3CC(=O)N(CCc4cnc(NC(=O)N5CC(=O)N(C)c6ccc(-c7cccc(C(F)(F)F)c7)nc65)s4)c4ccc(-c5cccc(C(F)(F)F)c5)nc43)nc2C)c2ccc(-c3cccc(C(F)(F)F)c3)nc21. The molecule has 0 radical (unpaired) electrons. The minimum absolute atomic E-state index is 0.00466. The van der Waals surface area contributed by atoms with Gasteiger partial charge in [-0.05, 0) is 123 Å². The number of anilines is 9. The number of hydrogen-bond acceptors (Lipinski definition) is 14. The van der Waals surface area contributed by atoms with Crippen LogP contribution in [0.2, 0.25) is 0 Å². The molecule has 0 unspecified atom stereocenters. The predicted octanol–water partition coefficient (Wildman–Crippen LogP) is 14.1. The van der Waals surface area contributed by atoms with Crippen molar-refractivity contribution in [3.8, 4) is 33.8 Å². The molecule has 5 aromatic heterocycles. The van der Waals surface area contributed by atoms with Gasteiger partial charge in [-0.3, -0.25) is 44.5 Å². The average molecular weight is 1440 g/mol. The van der Waals surface area contributed by atoms with E-state index < -0.39 is 96.6 Å².